The van der Waals surface area contributed by atoms with Crippen LogP contribution in [0.3, 0.4) is 0 Å². The molecule has 1 unspecified atom stereocenters. The summed E-state index contributed by atoms with van der Waals surface area (Å²) in [6.07, 6.45) is 0.537. The maximum absolute atomic E-state index is 14.0. The Balaban J connectivity index is 1.59. The third-order valence-corrected chi connectivity index (χ3v) is 6.87. The first kappa shape index (κ1) is 26.9. The minimum atomic E-state index is -0.867. The zero-order chi connectivity index (χ0) is 28.2. The SMILES string of the molecule is CCOc1ccc(C2C(C(=O)c3cc4cccc(OC)c4o3)=C(O)C(=O)N2CCc2ccccc2)cc1OCC. The summed E-state index contributed by atoms with van der Waals surface area (Å²) in [5.41, 5.74) is 1.99. The van der Waals surface area contributed by atoms with Crippen molar-refractivity contribution < 1.29 is 33.3 Å². The zero-order valence-corrected chi connectivity index (χ0v) is 22.7. The van der Waals surface area contributed by atoms with Gasteiger partial charge in [-0.3, -0.25) is 9.59 Å². The largest absolute Gasteiger partial charge is 0.503 e. The van der Waals surface area contributed by atoms with E-state index in [1.54, 1.807) is 42.5 Å². The van der Waals surface area contributed by atoms with E-state index in [4.69, 9.17) is 18.6 Å². The molecule has 0 saturated heterocycles. The maximum atomic E-state index is 14.0. The Labute approximate surface area is 232 Å². The van der Waals surface area contributed by atoms with Crippen LogP contribution in [0, 0.1) is 0 Å². The summed E-state index contributed by atoms with van der Waals surface area (Å²) in [6.45, 7) is 4.87. The normalized spacial score (nSPS) is 15.1. The van der Waals surface area contributed by atoms with E-state index in [0.29, 0.717) is 53.4 Å². The van der Waals surface area contributed by atoms with E-state index in [0.717, 1.165) is 5.56 Å². The molecule has 0 bridgehead atoms. The molecule has 4 aromatic rings. The fourth-order valence-electron chi connectivity index (χ4n) is 5.04. The van der Waals surface area contributed by atoms with Gasteiger partial charge >= 0.3 is 0 Å². The number of aliphatic hydroxyl groups is 1. The standard InChI is InChI=1S/C32H31NO7/c1-4-38-23-15-14-21(18-25(23)39-5-2)28-27(29(34)26-19-22-12-9-13-24(37-3)31(22)40-26)30(35)32(36)33(28)17-16-20-10-7-6-8-11-20/h6-15,18-19,28,35H,4-5,16-17H2,1-3H3. The fraction of sp³-hybridized carbons (Fsp3) is 0.250. The van der Waals surface area contributed by atoms with E-state index in [2.05, 4.69) is 0 Å². The molecule has 0 aliphatic carbocycles. The minimum Gasteiger partial charge on any atom is -0.503 e. The van der Waals surface area contributed by atoms with Crippen molar-refractivity contribution in [3.05, 3.63) is 101 Å². The van der Waals surface area contributed by atoms with Gasteiger partial charge < -0.3 is 28.6 Å². The van der Waals surface area contributed by atoms with Gasteiger partial charge in [-0.1, -0.05) is 48.5 Å². The second-order valence-corrected chi connectivity index (χ2v) is 9.29. The monoisotopic (exact) mass is 541 g/mol. The van der Waals surface area contributed by atoms with Crippen LogP contribution in [-0.2, 0) is 11.2 Å². The zero-order valence-electron chi connectivity index (χ0n) is 22.7. The number of nitrogens with zero attached hydrogens (tertiary/aromatic N) is 1. The smallest absolute Gasteiger partial charge is 0.290 e. The molecule has 40 heavy (non-hydrogen) atoms. The van der Waals surface area contributed by atoms with Gasteiger partial charge in [0.1, 0.15) is 0 Å². The summed E-state index contributed by atoms with van der Waals surface area (Å²) in [4.78, 5) is 29.0. The van der Waals surface area contributed by atoms with Gasteiger partial charge in [-0.25, -0.2) is 0 Å². The lowest BCUT2D eigenvalue weighted by Crippen LogP contribution is -2.33. The van der Waals surface area contributed by atoms with Crippen LogP contribution in [-0.4, -0.2) is 48.6 Å². The number of fused-ring (bicyclic) bond motifs is 1. The van der Waals surface area contributed by atoms with Crippen LogP contribution < -0.4 is 14.2 Å². The molecule has 1 N–H and O–H groups in total. The number of carbonyl (C=O) groups is 2. The first-order chi connectivity index (χ1) is 19.5. The first-order valence-corrected chi connectivity index (χ1v) is 13.3. The number of Topliss-reactive ketones (excluding diaryl/α,β-unsaturated/α-hetero) is 1. The predicted molar refractivity (Wildman–Crippen MR) is 150 cm³/mol. The number of amides is 1. The van der Waals surface area contributed by atoms with Crippen molar-refractivity contribution in [2.24, 2.45) is 0 Å². The van der Waals surface area contributed by atoms with Crippen LogP contribution in [0.2, 0.25) is 0 Å². The van der Waals surface area contributed by atoms with Gasteiger partial charge in [-0.15, -0.1) is 0 Å². The Morgan fingerprint density at radius 2 is 1.68 bits per heavy atom. The topological polar surface area (TPSA) is 98.4 Å². The van der Waals surface area contributed by atoms with Crippen LogP contribution in [0.15, 0.2) is 88.5 Å². The second-order valence-electron chi connectivity index (χ2n) is 9.29. The molecule has 8 nitrogen and oxygen atoms in total. The molecule has 1 amide bonds. The highest BCUT2D eigenvalue weighted by Crippen LogP contribution is 2.42. The number of furan rings is 1. The molecule has 1 aromatic heterocycles. The van der Waals surface area contributed by atoms with Gasteiger partial charge in [0.2, 0.25) is 5.78 Å². The highest BCUT2D eigenvalue weighted by atomic mass is 16.5. The minimum absolute atomic E-state index is 0.000252. The molecule has 1 atom stereocenters. The highest BCUT2D eigenvalue weighted by molar-refractivity contribution is 6.16. The third-order valence-electron chi connectivity index (χ3n) is 6.87. The quantitative estimate of drug-likeness (QED) is 0.231. The van der Waals surface area contributed by atoms with Gasteiger partial charge in [0, 0.05) is 11.9 Å². The molecule has 8 heteroatoms. The van der Waals surface area contributed by atoms with Crippen molar-refractivity contribution in [2.75, 3.05) is 26.9 Å². The third kappa shape index (κ3) is 5.00. The van der Waals surface area contributed by atoms with Crippen LogP contribution in [0.4, 0.5) is 0 Å². The second kappa shape index (κ2) is 11.6. The summed E-state index contributed by atoms with van der Waals surface area (Å²) >= 11 is 0. The van der Waals surface area contributed by atoms with Crippen molar-refractivity contribution in [1.29, 1.82) is 0 Å². The number of carbonyl (C=O) groups excluding carboxylic acids is 2. The van der Waals surface area contributed by atoms with Gasteiger partial charge in [0.05, 0.1) is 31.9 Å². The van der Waals surface area contributed by atoms with E-state index in [1.807, 2.05) is 44.2 Å². The molecule has 1 aliphatic rings. The summed E-state index contributed by atoms with van der Waals surface area (Å²) in [5.74, 6) is -0.274. The van der Waals surface area contributed by atoms with Crippen LogP contribution in [0.1, 0.15) is 41.6 Å². The molecule has 0 spiro atoms. The van der Waals surface area contributed by atoms with Crippen molar-refractivity contribution in [2.45, 2.75) is 26.3 Å². The molecule has 206 valence electrons. The van der Waals surface area contributed by atoms with Gasteiger partial charge in [-0.2, -0.15) is 0 Å². The summed E-state index contributed by atoms with van der Waals surface area (Å²) < 4.78 is 22.8. The number of ketones is 1. The Morgan fingerprint density at radius 3 is 2.40 bits per heavy atom. The molecule has 0 radical (unpaired) electrons. The Kier molecular flexibility index (Phi) is 7.77. The Hall–Kier alpha value is -4.72. The van der Waals surface area contributed by atoms with Crippen LogP contribution >= 0.6 is 0 Å². The number of rotatable bonds is 11. The molecule has 0 fully saturated rings. The highest BCUT2D eigenvalue weighted by Gasteiger charge is 2.44. The number of hydrogen-bond donors (Lipinski definition) is 1. The molecule has 5 rings (SSSR count). The van der Waals surface area contributed by atoms with Crippen molar-refractivity contribution >= 4 is 22.7 Å². The number of aliphatic hydroxyl groups excluding tert-OH is 1. The lowest BCUT2D eigenvalue weighted by Gasteiger charge is -2.27. The van der Waals surface area contributed by atoms with Crippen molar-refractivity contribution in [3.63, 3.8) is 0 Å². The number of methoxy groups -OCH3 is 1. The average molecular weight is 542 g/mol. The van der Waals surface area contributed by atoms with E-state index in [1.165, 1.54) is 12.0 Å². The average Bonchev–Trinajstić information content (AvgIpc) is 3.52. The predicted octanol–water partition coefficient (Wildman–Crippen LogP) is 6.06. The van der Waals surface area contributed by atoms with E-state index < -0.39 is 23.5 Å². The molecule has 1 aliphatic heterocycles. The number of para-hydroxylation sites is 1. The van der Waals surface area contributed by atoms with E-state index >= 15 is 0 Å². The summed E-state index contributed by atoms with van der Waals surface area (Å²) in [7, 11) is 1.52. The lowest BCUT2D eigenvalue weighted by atomic mass is 9.94. The van der Waals surface area contributed by atoms with E-state index in [9.17, 15) is 14.7 Å². The van der Waals surface area contributed by atoms with Gasteiger partial charge in [-0.05, 0) is 55.7 Å². The van der Waals surface area contributed by atoms with Gasteiger partial charge in [0.25, 0.3) is 5.91 Å². The van der Waals surface area contributed by atoms with Crippen LogP contribution in [0.5, 0.6) is 17.2 Å². The van der Waals surface area contributed by atoms with Crippen molar-refractivity contribution in [1.82, 2.24) is 4.90 Å². The summed E-state index contributed by atoms with van der Waals surface area (Å²) in [5, 5.41) is 11.8. The summed E-state index contributed by atoms with van der Waals surface area (Å²) in [6, 6.07) is 21.1. The molecular weight excluding hydrogens is 510 g/mol. The number of benzene rings is 3. The maximum Gasteiger partial charge on any atom is 0.290 e. The van der Waals surface area contributed by atoms with Gasteiger partial charge in [0.15, 0.2) is 34.4 Å². The Bertz CT molecular complexity index is 1570. The first-order valence-electron chi connectivity index (χ1n) is 13.3. The van der Waals surface area contributed by atoms with Crippen molar-refractivity contribution in [3.8, 4) is 17.2 Å². The molecular formula is C32H31NO7. The van der Waals surface area contributed by atoms with Crippen LogP contribution in [0.25, 0.3) is 11.0 Å². The van der Waals surface area contributed by atoms with E-state index in [-0.39, 0.29) is 17.9 Å². The fourth-order valence-corrected chi connectivity index (χ4v) is 5.04. The Morgan fingerprint density at radius 1 is 0.925 bits per heavy atom. The lowest BCUT2D eigenvalue weighted by molar-refractivity contribution is -0.129. The molecule has 2 heterocycles. The number of hydrogen-bond acceptors (Lipinski definition) is 7. The molecule has 0 saturated carbocycles. The number of ether oxygens (including phenoxy) is 3. The molecule has 3 aromatic carbocycles.